The van der Waals surface area contributed by atoms with Gasteiger partial charge in [-0.1, -0.05) is 0 Å². The fourth-order valence-electron chi connectivity index (χ4n) is 3.40. The molecule has 4 rings (SSSR count). The molecule has 0 radical (unpaired) electrons. The topological polar surface area (TPSA) is 106 Å². The first-order valence-electron chi connectivity index (χ1n) is 10.1. The largest absolute Gasteiger partial charge is 0.573 e. The minimum atomic E-state index is -4.78. The standard InChI is InChI=1S/C22H21F3N6O2/c1-31(11-14-7-19(14)26)20-18(15-8-27-12-28-9-15)6-13(10-29-20)21(32)30-16-2-4-17(5-3-16)33-22(23,24)25/h2-6,8-10,12,14,19H,7,11,26H2,1H3,(H,30,32). The minimum Gasteiger partial charge on any atom is -0.406 e. The Kier molecular flexibility index (Phi) is 6.14. The molecule has 1 aliphatic carbocycles. The van der Waals surface area contributed by atoms with Crippen molar-refractivity contribution in [1.29, 1.82) is 0 Å². The summed E-state index contributed by atoms with van der Waals surface area (Å²) in [6, 6.07) is 6.75. The summed E-state index contributed by atoms with van der Waals surface area (Å²) in [4.78, 5) is 27.4. The van der Waals surface area contributed by atoms with Crippen molar-refractivity contribution < 1.29 is 22.7 Å². The van der Waals surface area contributed by atoms with Crippen molar-refractivity contribution in [3.05, 3.63) is 60.8 Å². The van der Waals surface area contributed by atoms with E-state index in [-0.39, 0.29) is 17.4 Å². The van der Waals surface area contributed by atoms with Gasteiger partial charge in [-0.15, -0.1) is 13.2 Å². The summed E-state index contributed by atoms with van der Waals surface area (Å²) >= 11 is 0. The first-order chi connectivity index (χ1) is 15.7. The quantitative estimate of drug-likeness (QED) is 0.558. The molecule has 1 amide bonds. The Balaban J connectivity index is 1.55. The Bertz CT molecular complexity index is 1130. The van der Waals surface area contributed by atoms with Crippen molar-refractivity contribution >= 4 is 17.4 Å². The number of pyridine rings is 1. The number of hydrogen-bond acceptors (Lipinski definition) is 7. The van der Waals surface area contributed by atoms with Crippen LogP contribution < -0.4 is 20.7 Å². The molecule has 3 N–H and O–H groups in total. The van der Waals surface area contributed by atoms with Crippen LogP contribution in [0.3, 0.4) is 0 Å². The zero-order chi connectivity index (χ0) is 23.6. The van der Waals surface area contributed by atoms with Gasteiger partial charge in [0.15, 0.2) is 0 Å². The van der Waals surface area contributed by atoms with Gasteiger partial charge in [0.1, 0.15) is 17.9 Å². The Hall–Kier alpha value is -3.73. The summed E-state index contributed by atoms with van der Waals surface area (Å²) in [7, 11) is 1.91. The number of carbonyl (C=O) groups is 1. The number of amides is 1. The van der Waals surface area contributed by atoms with Crippen LogP contribution in [0.25, 0.3) is 11.1 Å². The van der Waals surface area contributed by atoms with Crippen molar-refractivity contribution in [3.8, 4) is 16.9 Å². The van der Waals surface area contributed by atoms with Gasteiger partial charge in [0.05, 0.1) is 5.56 Å². The number of carbonyl (C=O) groups excluding carboxylic acids is 1. The molecule has 2 unspecified atom stereocenters. The van der Waals surface area contributed by atoms with Crippen molar-refractivity contribution in [2.75, 3.05) is 23.8 Å². The van der Waals surface area contributed by atoms with Crippen LogP contribution in [0.1, 0.15) is 16.8 Å². The molecule has 1 aliphatic rings. The number of alkyl halides is 3. The van der Waals surface area contributed by atoms with E-state index in [1.54, 1.807) is 18.5 Å². The van der Waals surface area contributed by atoms with E-state index < -0.39 is 12.3 Å². The molecular formula is C22H21F3N6O2. The Morgan fingerprint density at radius 1 is 1.21 bits per heavy atom. The lowest BCUT2D eigenvalue weighted by Crippen LogP contribution is -2.24. The molecule has 0 bridgehead atoms. The third kappa shape index (κ3) is 5.75. The molecule has 2 heterocycles. The highest BCUT2D eigenvalue weighted by Crippen LogP contribution is 2.33. The van der Waals surface area contributed by atoms with Gasteiger partial charge in [-0.3, -0.25) is 4.79 Å². The van der Waals surface area contributed by atoms with Crippen LogP contribution in [-0.4, -0.2) is 46.9 Å². The average Bonchev–Trinajstić information content (AvgIpc) is 3.48. The first-order valence-corrected chi connectivity index (χ1v) is 10.1. The average molecular weight is 458 g/mol. The Morgan fingerprint density at radius 2 is 1.88 bits per heavy atom. The number of nitrogens with two attached hydrogens (primary N) is 1. The van der Waals surface area contributed by atoms with E-state index in [2.05, 4.69) is 25.0 Å². The maximum absolute atomic E-state index is 12.8. The van der Waals surface area contributed by atoms with E-state index in [0.29, 0.717) is 28.6 Å². The number of benzene rings is 1. The zero-order valence-electron chi connectivity index (χ0n) is 17.6. The van der Waals surface area contributed by atoms with E-state index >= 15 is 0 Å². The fraction of sp³-hybridized carbons (Fsp3) is 0.273. The first kappa shape index (κ1) is 22.5. The molecular weight excluding hydrogens is 437 g/mol. The van der Waals surface area contributed by atoms with Crippen molar-refractivity contribution in [3.63, 3.8) is 0 Å². The predicted octanol–water partition coefficient (Wildman–Crippen LogP) is 3.47. The summed E-state index contributed by atoms with van der Waals surface area (Å²) in [5, 5.41) is 2.65. The fourth-order valence-corrected chi connectivity index (χ4v) is 3.40. The number of nitrogens with one attached hydrogen (secondary N) is 1. The third-order valence-corrected chi connectivity index (χ3v) is 5.19. The summed E-state index contributed by atoms with van der Waals surface area (Å²) in [6.07, 6.45) is 2.29. The van der Waals surface area contributed by atoms with E-state index in [0.717, 1.165) is 25.1 Å². The van der Waals surface area contributed by atoms with Gasteiger partial charge in [-0.2, -0.15) is 0 Å². The van der Waals surface area contributed by atoms with Crippen molar-refractivity contribution in [2.24, 2.45) is 11.7 Å². The summed E-state index contributed by atoms with van der Waals surface area (Å²) < 4.78 is 40.8. The highest BCUT2D eigenvalue weighted by Gasteiger charge is 2.35. The molecule has 2 atom stereocenters. The number of anilines is 2. The van der Waals surface area contributed by atoms with Gasteiger partial charge in [0, 0.05) is 55.0 Å². The van der Waals surface area contributed by atoms with Gasteiger partial charge in [0.2, 0.25) is 0 Å². The van der Waals surface area contributed by atoms with Crippen LogP contribution in [0.4, 0.5) is 24.7 Å². The smallest absolute Gasteiger partial charge is 0.406 e. The second-order valence-corrected chi connectivity index (χ2v) is 7.79. The highest BCUT2D eigenvalue weighted by atomic mass is 19.4. The van der Waals surface area contributed by atoms with Crippen molar-refractivity contribution in [2.45, 2.75) is 18.8 Å². The van der Waals surface area contributed by atoms with Crippen LogP contribution in [0.2, 0.25) is 0 Å². The Labute approximate surface area is 187 Å². The summed E-state index contributed by atoms with van der Waals surface area (Å²) in [5.74, 6) is 0.206. The molecule has 3 aromatic rings. The van der Waals surface area contributed by atoms with Gasteiger partial charge in [-0.05, 0) is 42.7 Å². The molecule has 1 aromatic carbocycles. The van der Waals surface area contributed by atoms with Crippen LogP contribution in [0.5, 0.6) is 5.75 Å². The summed E-state index contributed by atoms with van der Waals surface area (Å²) in [5.41, 5.74) is 7.88. The maximum atomic E-state index is 12.8. The molecule has 172 valence electrons. The maximum Gasteiger partial charge on any atom is 0.573 e. The molecule has 2 aromatic heterocycles. The molecule has 0 aliphatic heterocycles. The van der Waals surface area contributed by atoms with Gasteiger partial charge >= 0.3 is 6.36 Å². The number of ether oxygens (including phenoxy) is 1. The molecule has 0 saturated heterocycles. The second-order valence-electron chi connectivity index (χ2n) is 7.79. The monoisotopic (exact) mass is 458 g/mol. The predicted molar refractivity (Wildman–Crippen MR) is 116 cm³/mol. The lowest BCUT2D eigenvalue weighted by atomic mass is 10.1. The Morgan fingerprint density at radius 3 is 2.48 bits per heavy atom. The van der Waals surface area contributed by atoms with Crippen molar-refractivity contribution in [1.82, 2.24) is 15.0 Å². The highest BCUT2D eigenvalue weighted by molar-refractivity contribution is 6.05. The molecule has 8 nitrogen and oxygen atoms in total. The third-order valence-electron chi connectivity index (χ3n) is 5.19. The van der Waals surface area contributed by atoms with E-state index in [1.165, 1.54) is 24.7 Å². The summed E-state index contributed by atoms with van der Waals surface area (Å²) in [6.45, 7) is 0.729. The SMILES string of the molecule is CN(CC1CC1N)c1ncc(C(=O)Nc2ccc(OC(F)(F)F)cc2)cc1-c1cncnc1. The normalized spacial score (nSPS) is 17.4. The molecule has 1 saturated carbocycles. The lowest BCUT2D eigenvalue weighted by Gasteiger charge is -2.22. The number of rotatable bonds is 7. The van der Waals surface area contributed by atoms with E-state index in [9.17, 15) is 18.0 Å². The second kappa shape index (κ2) is 9.02. The molecule has 11 heteroatoms. The lowest BCUT2D eigenvalue weighted by molar-refractivity contribution is -0.274. The number of hydrogen-bond donors (Lipinski definition) is 2. The van der Waals surface area contributed by atoms with Gasteiger partial charge < -0.3 is 20.7 Å². The molecule has 1 fully saturated rings. The minimum absolute atomic E-state index is 0.189. The number of nitrogens with zero attached hydrogens (tertiary/aromatic N) is 4. The zero-order valence-corrected chi connectivity index (χ0v) is 17.6. The molecule has 0 spiro atoms. The van der Waals surface area contributed by atoms with Crippen LogP contribution in [0, 0.1) is 5.92 Å². The van der Waals surface area contributed by atoms with E-state index in [4.69, 9.17) is 5.73 Å². The number of aromatic nitrogens is 3. The van der Waals surface area contributed by atoms with Crippen LogP contribution >= 0.6 is 0 Å². The van der Waals surface area contributed by atoms with Gasteiger partial charge in [-0.25, -0.2) is 15.0 Å². The van der Waals surface area contributed by atoms with Crippen LogP contribution in [-0.2, 0) is 0 Å². The number of halogens is 3. The molecule has 33 heavy (non-hydrogen) atoms. The van der Waals surface area contributed by atoms with Gasteiger partial charge in [0.25, 0.3) is 5.91 Å². The van der Waals surface area contributed by atoms with Crippen LogP contribution in [0.15, 0.2) is 55.2 Å². The van der Waals surface area contributed by atoms with E-state index in [1.807, 2.05) is 11.9 Å².